The fraction of sp³-hybridized carbons (Fsp3) is 0.500. The van der Waals surface area contributed by atoms with Crippen LogP contribution in [0.3, 0.4) is 0 Å². The van der Waals surface area contributed by atoms with E-state index >= 15 is 0 Å². The van der Waals surface area contributed by atoms with Crippen LogP contribution in [-0.2, 0) is 13.1 Å². The third-order valence-electron chi connectivity index (χ3n) is 5.22. The molecule has 6 heteroatoms. The minimum atomic E-state index is 0.00107. The number of hydrogen-bond donors (Lipinski definition) is 1. The van der Waals surface area contributed by atoms with Crippen LogP contribution in [0.1, 0.15) is 34.9 Å². The molecule has 2 unspecified atom stereocenters. The first kappa shape index (κ1) is 19.0. The van der Waals surface area contributed by atoms with Crippen molar-refractivity contribution in [3.8, 4) is 0 Å². The molecule has 1 aromatic carbocycles. The Morgan fingerprint density at radius 1 is 1.27 bits per heavy atom. The van der Waals surface area contributed by atoms with Crippen molar-refractivity contribution in [2.45, 2.75) is 33.0 Å². The first-order valence-electron chi connectivity index (χ1n) is 9.17. The molecular weight excluding hydrogens is 344 g/mol. The van der Waals surface area contributed by atoms with Gasteiger partial charge in [-0.1, -0.05) is 44.2 Å². The number of likely N-dealkylation sites (tertiary alicyclic amines) is 1. The monoisotopic (exact) mass is 372 g/mol. The van der Waals surface area contributed by atoms with Crippen molar-refractivity contribution in [3.05, 3.63) is 52.0 Å². The summed E-state index contributed by atoms with van der Waals surface area (Å²) in [4.78, 5) is 21.6. The van der Waals surface area contributed by atoms with Gasteiger partial charge < -0.3 is 10.6 Å². The molecule has 2 N–H and O–H groups in total. The lowest BCUT2D eigenvalue weighted by molar-refractivity contribution is 0.0267. The van der Waals surface area contributed by atoms with Gasteiger partial charge in [0.05, 0.1) is 0 Å². The molecule has 1 aliphatic heterocycles. The van der Waals surface area contributed by atoms with Crippen molar-refractivity contribution in [1.82, 2.24) is 14.8 Å². The molecule has 2 atom stereocenters. The van der Waals surface area contributed by atoms with Gasteiger partial charge in [0.25, 0.3) is 5.91 Å². The molecule has 2 aromatic rings. The number of carbonyl (C=O) groups is 1. The standard InChI is InChI=1S/C20H28N4OS/c1-14-10-24(12-16-7-5-4-6-8-16)11-15(2)19(14)23(3)20(25)17-13-26-18(9-21)22-17/h4-8,13-15,19H,9-12,21H2,1-3H3. The van der Waals surface area contributed by atoms with Crippen molar-refractivity contribution in [3.63, 3.8) is 0 Å². The van der Waals surface area contributed by atoms with E-state index in [9.17, 15) is 4.79 Å². The minimum absolute atomic E-state index is 0.00107. The van der Waals surface area contributed by atoms with E-state index in [-0.39, 0.29) is 11.9 Å². The van der Waals surface area contributed by atoms with E-state index in [1.54, 1.807) is 0 Å². The topological polar surface area (TPSA) is 62.5 Å². The Kier molecular flexibility index (Phi) is 6.06. The van der Waals surface area contributed by atoms with Crippen molar-refractivity contribution >= 4 is 17.2 Å². The van der Waals surface area contributed by atoms with Gasteiger partial charge in [-0.25, -0.2) is 4.98 Å². The van der Waals surface area contributed by atoms with Gasteiger partial charge in [-0.05, 0) is 17.4 Å². The lowest BCUT2D eigenvalue weighted by atomic mass is 9.84. The second kappa shape index (κ2) is 8.29. The van der Waals surface area contributed by atoms with E-state index in [4.69, 9.17) is 5.73 Å². The van der Waals surface area contributed by atoms with Gasteiger partial charge in [0.15, 0.2) is 0 Å². The molecule has 0 radical (unpaired) electrons. The first-order valence-corrected chi connectivity index (χ1v) is 10.1. The highest BCUT2D eigenvalue weighted by molar-refractivity contribution is 7.09. The fourth-order valence-electron chi connectivity index (χ4n) is 4.22. The van der Waals surface area contributed by atoms with Crippen molar-refractivity contribution in [2.75, 3.05) is 20.1 Å². The predicted octanol–water partition coefficient (Wildman–Crippen LogP) is 2.83. The van der Waals surface area contributed by atoms with Gasteiger partial charge in [-0.2, -0.15) is 0 Å². The van der Waals surface area contributed by atoms with Gasteiger partial charge in [0.1, 0.15) is 10.7 Å². The molecule has 1 aliphatic rings. The summed E-state index contributed by atoms with van der Waals surface area (Å²) in [6, 6.07) is 10.8. The maximum absolute atomic E-state index is 12.9. The van der Waals surface area contributed by atoms with Crippen LogP contribution < -0.4 is 5.73 Å². The highest BCUT2D eigenvalue weighted by Crippen LogP contribution is 2.28. The predicted molar refractivity (Wildman–Crippen MR) is 106 cm³/mol. The van der Waals surface area contributed by atoms with Crippen LogP contribution in [0.15, 0.2) is 35.7 Å². The second-order valence-corrected chi connectivity index (χ2v) is 8.31. The van der Waals surface area contributed by atoms with Crippen LogP contribution in [-0.4, -0.2) is 46.9 Å². The third kappa shape index (κ3) is 4.14. The Labute approximate surface area is 159 Å². The largest absolute Gasteiger partial charge is 0.337 e. The fourth-order valence-corrected chi connectivity index (χ4v) is 4.87. The molecule has 0 aliphatic carbocycles. The van der Waals surface area contributed by atoms with E-state index in [0.29, 0.717) is 24.1 Å². The SMILES string of the molecule is CC1CN(Cc2ccccc2)CC(C)C1N(C)C(=O)c1csc(CN)n1. The highest BCUT2D eigenvalue weighted by atomic mass is 32.1. The maximum atomic E-state index is 12.9. The van der Waals surface area contributed by atoms with E-state index in [2.05, 4.69) is 54.1 Å². The number of nitrogens with two attached hydrogens (primary N) is 1. The van der Waals surface area contributed by atoms with Crippen LogP contribution >= 0.6 is 11.3 Å². The highest BCUT2D eigenvalue weighted by Gasteiger charge is 2.37. The number of aromatic nitrogens is 1. The Hall–Kier alpha value is -1.76. The van der Waals surface area contributed by atoms with E-state index in [1.165, 1.54) is 16.9 Å². The van der Waals surface area contributed by atoms with Gasteiger partial charge >= 0.3 is 0 Å². The van der Waals surface area contributed by atoms with Gasteiger partial charge in [-0.15, -0.1) is 11.3 Å². The van der Waals surface area contributed by atoms with Crippen molar-refractivity contribution in [1.29, 1.82) is 0 Å². The number of nitrogens with zero attached hydrogens (tertiary/aromatic N) is 3. The Bertz CT molecular complexity index is 720. The molecular formula is C20H28N4OS. The Balaban J connectivity index is 1.66. The molecule has 1 fully saturated rings. The minimum Gasteiger partial charge on any atom is -0.337 e. The average molecular weight is 373 g/mol. The van der Waals surface area contributed by atoms with E-state index in [1.807, 2.05) is 17.3 Å². The van der Waals surface area contributed by atoms with Crippen LogP contribution in [0, 0.1) is 11.8 Å². The van der Waals surface area contributed by atoms with Crippen LogP contribution in [0.2, 0.25) is 0 Å². The molecule has 0 spiro atoms. The Morgan fingerprint density at radius 2 is 1.92 bits per heavy atom. The van der Waals surface area contributed by atoms with Crippen molar-refractivity contribution < 1.29 is 4.79 Å². The summed E-state index contributed by atoms with van der Waals surface area (Å²) in [5, 5.41) is 2.63. The summed E-state index contributed by atoms with van der Waals surface area (Å²) >= 11 is 1.45. The average Bonchev–Trinajstić information content (AvgIpc) is 3.10. The summed E-state index contributed by atoms with van der Waals surface area (Å²) in [7, 11) is 1.91. The van der Waals surface area contributed by atoms with Crippen LogP contribution in [0.25, 0.3) is 0 Å². The lowest BCUT2D eigenvalue weighted by Gasteiger charge is -2.45. The normalized spacial score (nSPS) is 23.8. The molecule has 140 valence electrons. The van der Waals surface area contributed by atoms with E-state index < -0.39 is 0 Å². The maximum Gasteiger partial charge on any atom is 0.273 e. The number of benzene rings is 1. The summed E-state index contributed by atoms with van der Waals surface area (Å²) < 4.78 is 0. The smallest absolute Gasteiger partial charge is 0.273 e. The van der Waals surface area contributed by atoms with Crippen LogP contribution in [0.4, 0.5) is 0 Å². The van der Waals surface area contributed by atoms with E-state index in [0.717, 1.165) is 24.6 Å². The van der Waals surface area contributed by atoms with Gasteiger partial charge in [-0.3, -0.25) is 9.69 Å². The number of thiazole rings is 1. The van der Waals surface area contributed by atoms with Crippen molar-refractivity contribution in [2.24, 2.45) is 17.6 Å². The summed E-state index contributed by atoms with van der Waals surface area (Å²) in [6.45, 7) is 7.82. The molecule has 5 nitrogen and oxygen atoms in total. The summed E-state index contributed by atoms with van der Waals surface area (Å²) in [6.07, 6.45) is 0. The summed E-state index contributed by atoms with van der Waals surface area (Å²) in [5.41, 5.74) is 7.48. The zero-order valence-electron chi connectivity index (χ0n) is 15.8. The quantitative estimate of drug-likeness (QED) is 0.877. The molecule has 1 saturated heterocycles. The zero-order chi connectivity index (χ0) is 18.7. The van der Waals surface area contributed by atoms with Gasteiger partial charge in [0, 0.05) is 44.6 Å². The first-order chi connectivity index (χ1) is 12.5. The summed E-state index contributed by atoms with van der Waals surface area (Å²) in [5.74, 6) is 0.814. The number of rotatable bonds is 5. The molecule has 26 heavy (non-hydrogen) atoms. The molecule has 0 saturated carbocycles. The Morgan fingerprint density at radius 3 is 2.50 bits per heavy atom. The lowest BCUT2D eigenvalue weighted by Crippen LogP contribution is -2.55. The molecule has 0 bridgehead atoms. The molecule has 2 heterocycles. The number of piperidine rings is 1. The molecule has 1 aromatic heterocycles. The number of hydrogen-bond acceptors (Lipinski definition) is 5. The third-order valence-corrected chi connectivity index (χ3v) is 6.09. The zero-order valence-corrected chi connectivity index (χ0v) is 16.6. The molecule has 3 rings (SSSR count). The van der Waals surface area contributed by atoms with Crippen LogP contribution in [0.5, 0.6) is 0 Å². The van der Waals surface area contributed by atoms with Gasteiger partial charge in [0.2, 0.25) is 0 Å². The number of carbonyl (C=O) groups excluding carboxylic acids is 1. The number of amides is 1. The molecule has 1 amide bonds. The second-order valence-electron chi connectivity index (χ2n) is 7.37.